The highest BCUT2D eigenvalue weighted by Gasteiger charge is 2.39. The highest BCUT2D eigenvalue weighted by atomic mass is 16.5. The van der Waals surface area contributed by atoms with Crippen LogP contribution in [0.3, 0.4) is 0 Å². The van der Waals surface area contributed by atoms with Crippen LogP contribution in [-0.4, -0.2) is 51.9 Å². The Kier molecular flexibility index (Phi) is 4.35. The number of amides is 1. The van der Waals surface area contributed by atoms with Crippen LogP contribution in [0.15, 0.2) is 30.3 Å². The second kappa shape index (κ2) is 6.79. The van der Waals surface area contributed by atoms with Gasteiger partial charge < -0.3 is 15.4 Å². The molecule has 2 aliphatic rings. The van der Waals surface area contributed by atoms with Crippen LogP contribution >= 0.6 is 0 Å². The van der Waals surface area contributed by atoms with E-state index in [0.29, 0.717) is 12.5 Å². The van der Waals surface area contributed by atoms with E-state index in [1.807, 2.05) is 30.3 Å². The maximum absolute atomic E-state index is 11.6. The molecule has 0 aliphatic carbocycles. The molecule has 0 spiro atoms. The molecule has 1 aromatic heterocycles. The third kappa shape index (κ3) is 3.09. The van der Waals surface area contributed by atoms with Gasteiger partial charge in [0.2, 0.25) is 11.9 Å². The number of hydrogen-bond acceptors (Lipinski definition) is 6. The summed E-state index contributed by atoms with van der Waals surface area (Å²) in [6.45, 7) is 2.30. The number of anilines is 1. The van der Waals surface area contributed by atoms with Crippen LogP contribution in [-0.2, 0) is 9.53 Å². The Morgan fingerprint density at radius 1 is 1.16 bits per heavy atom. The molecule has 25 heavy (non-hydrogen) atoms. The Labute approximate surface area is 145 Å². The van der Waals surface area contributed by atoms with E-state index < -0.39 is 0 Å². The van der Waals surface area contributed by atoms with Crippen molar-refractivity contribution < 1.29 is 9.53 Å². The lowest BCUT2D eigenvalue weighted by molar-refractivity contribution is -0.124. The average Bonchev–Trinajstić information content (AvgIpc) is 3.32. The lowest BCUT2D eigenvalue weighted by atomic mass is 9.84. The molecule has 8 heteroatoms. The number of para-hydroxylation sites is 1. The molecule has 8 nitrogen and oxygen atoms in total. The molecule has 0 radical (unpaired) electrons. The topological polar surface area (TPSA) is 99.2 Å². The molecule has 0 saturated carbocycles. The van der Waals surface area contributed by atoms with Crippen molar-refractivity contribution in [2.45, 2.75) is 25.4 Å². The monoisotopic (exact) mass is 342 g/mol. The van der Waals surface area contributed by atoms with Crippen molar-refractivity contribution in [3.8, 4) is 5.69 Å². The second-order valence-electron chi connectivity index (χ2n) is 6.68. The van der Waals surface area contributed by atoms with Crippen molar-refractivity contribution in [2.75, 3.05) is 24.6 Å². The zero-order valence-corrected chi connectivity index (χ0v) is 14.0. The first-order valence-electron chi connectivity index (χ1n) is 8.73. The Balaban J connectivity index is 1.45. The van der Waals surface area contributed by atoms with E-state index in [1.165, 1.54) is 0 Å². The van der Waals surface area contributed by atoms with Crippen LogP contribution < -0.4 is 10.6 Å². The van der Waals surface area contributed by atoms with Gasteiger partial charge in [-0.05, 0) is 47.7 Å². The summed E-state index contributed by atoms with van der Waals surface area (Å²) in [4.78, 5) is 13.8. The number of rotatable bonds is 4. The first-order chi connectivity index (χ1) is 12.2. The molecular weight excluding hydrogens is 320 g/mol. The van der Waals surface area contributed by atoms with E-state index in [1.54, 1.807) is 4.68 Å². The van der Waals surface area contributed by atoms with Crippen molar-refractivity contribution in [2.24, 2.45) is 17.6 Å². The van der Waals surface area contributed by atoms with Crippen molar-refractivity contribution >= 4 is 11.9 Å². The number of piperidine rings is 1. The fourth-order valence-corrected chi connectivity index (χ4v) is 3.92. The number of ether oxygens (including phenoxy) is 1. The van der Waals surface area contributed by atoms with Gasteiger partial charge in [0.1, 0.15) is 0 Å². The zero-order valence-electron chi connectivity index (χ0n) is 14.0. The van der Waals surface area contributed by atoms with Crippen molar-refractivity contribution in [1.29, 1.82) is 0 Å². The number of aromatic nitrogens is 4. The van der Waals surface area contributed by atoms with E-state index in [0.717, 1.165) is 44.0 Å². The van der Waals surface area contributed by atoms with E-state index in [9.17, 15) is 4.79 Å². The molecule has 0 bridgehead atoms. The number of primary amides is 1. The molecule has 4 rings (SSSR count). The van der Waals surface area contributed by atoms with E-state index >= 15 is 0 Å². The van der Waals surface area contributed by atoms with Crippen LogP contribution in [0.4, 0.5) is 5.95 Å². The van der Waals surface area contributed by atoms with Gasteiger partial charge in [0.15, 0.2) is 0 Å². The quantitative estimate of drug-likeness (QED) is 0.881. The van der Waals surface area contributed by atoms with Crippen molar-refractivity contribution in [1.82, 2.24) is 20.2 Å². The molecular formula is C17H22N6O2. The maximum atomic E-state index is 11.6. The zero-order chi connectivity index (χ0) is 17.2. The Bertz CT molecular complexity index is 726. The maximum Gasteiger partial charge on any atom is 0.250 e. The predicted octanol–water partition coefficient (Wildman–Crippen LogP) is 0.769. The first-order valence-corrected chi connectivity index (χ1v) is 8.73. The molecule has 2 atom stereocenters. The van der Waals surface area contributed by atoms with Crippen LogP contribution in [0.25, 0.3) is 5.69 Å². The third-order valence-corrected chi connectivity index (χ3v) is 5.24. The normalized spacial score (nSPS) is 24.6. The van der Waals surface area contributed by atoms with Gasteiger partial charge in [-0.1, -0.05) is 23.3 Å². The first kappa shape index (κ1) is 16.0. The number of benzene rings is 1. The van der Waals surface area contributed by atoms with E-state index in [-0.39, 0.29) is 17.9 Å². The Morgan fingerprint density at radius 2 is 1.92 bits per heavy atom. The van der Waals surface area contributed by atoms with Gasteiger partial charge >= 0.3 is 0 Å². The highest BCUT2D eigenvalue weighted by molar-refractivity contribution is 5.77. The van der Waals surface area contributed by atoms with Gasteiger partial charge in [-0.15, -0.1) is 0 Å². The number of nitrogens with zero attached hydrogens (tertiary/aromatic N) is 5. The van der Waals surface area contributed by atoms with Gasteiger partial charge in [0.05, 0.1) is 17.7 Å². The molecule has 2 aromatic rings. The number of nitrogens with two attached hydrogens (primary N) is 1. The third-order valence-electron chi connectivity index (χ3n) is 5.24. The molecule has 2 N–H and O–H groups in total. The molecule has 3 heterocycles. The molecule has 1 amide bonds. The summed E-state index contributed by atoms with van der Waals surface area (Å²) in [5.74, 6) is 0.727. The minimum Gasteiger partial charge on any atom is -0.377 e. The summed E-state index contributed by atoms with van der Waals surface area (Å²) in [7, 11) is 0. The van der Waals surface area contributed by atoms with Gasteiger partial charge in [-0.3, -0.25) is 4.79 Å². The van der Waals surface area contributed by atoms with Crippen molar-refractivity contribution in [3.63, 3.8) is 0 Å². The fourth-order valence-electron chi connectivity index (χ4n) is 3.92. The molecule has 2 saturated heterocycles. The van der Waals surface area contributed by atoms with Gasteiger partial charge in [0.25, 0.3) is 0 Å². The lowest BCUT2D eigenvalue weighted by Crippen LogP contribution is -2.42. The number of carbonyl (C=O) groups excluding carboxylic acids is 1. The minimum atomic E-state index is -0.238. The van der Waals surface area contributed by atoms with E-state index in [4.69, 9.17) is 10.5 Å². The largest absolute Gasteiger partial charge is 0.377 e. The Hall–Kier alpha value is -2.48. The summed E-state index contributed by atoms with van der Waals surface area (Å²) < 4.78 is 7.58. The highest BCUT2D eigenvalue weighted by Crippen LogP contribution is 2.34. The Morgan fingerprint density at radius 3 is 2.64 bits per heavy atom. The second-order valence-corrected chi connectivity index (χ2v) is 6.68. The summed E-state index contributed by atoms with van der Waals surface area (Å²) >= 11 is 0. The lowest BCUT2D eigenvalue weighted by Gasteiger charge is -2.35. The van der Waals surface area contributed by atoms with Crippen LogP contribution in [0.5, 0.6) is 0 Å². The molecule has 1 aromatic carbocycles. The average molecular weight is 342 g/mol. The molecule has 132 valence electrons. The van der Waals surface area contributed by atoms with E-state index in [2.05, 4.69) is 20.4 Å². The molecule has 2 fully saturated rings. The van der Waals surface area contributed by atoms with Crippen LogP contribution in [0.2, 0.25) is 0 Å². The predicted molar refractivity (Wildman–Crippen MR) is 91.1 cm³/mol. The summed E-state index contributed by atoms with van der Waals surface area (Å²) in [5.41, 5.74) is 6.47. The standard InChI is InChI=1S/C17H22N6O2/c18-16(24)14-8-11-25-15(14)12-6-9-22(10-7-12)17-19-20-21-23(17)13-4-2-1-3-5-13/h1-5,12,14-15H,6-11H2,(H2,18,24)/t14-,15+/m0/s1. The van der Waals surface area contributed by atoms with Crippen molar-refractivity contribution in [3.05, 3.63) is 30.3 Å². The van der Waals surface area contributed by atoms with Crippen LogP contribution in [0, 0.1) is 11.8 Å². The molecule has 2 aliphatic heterocycles. The number of hydrogen-bond donors (Lipinski definition) is 1. The number of carbonyl (C=O) groups is 1. The fraction of sp³-hybridized carbons (Fsp3) is 0.529. The van der Waals surface area contributed by atoms with Crippen LogP contribution in [0.1, 0.15) is 19.3 Å². The number of tetrazole rings is 1. The summed E-state index contributed by atoms with van der Waals surface area (Å²) in [5, 5.41) is 12.2. The smallest absolute Gasteiger partial charge is 0.250 e. The summed E-state index contributed by atoms with van der Waals surface area (Å²) in [6, 6.07) is 9.87. The molecule has 0 unspecified atom stereocenters. The minimum absolute atomic E-state index is 0.0373. The SMILES string of the molecule is NC(=O)[C@H]1CCO[C@@H]1C1CCN(c2nnnn2-c2ccccc2)CC1. The summed E-state index contributed by atoms with van der Waals surface area (Å²) in [6.07, 6.45) is 2.59. The van der Waals surface area contributed by atoms with Gasteiger partial charge in [-0.2, -0.15) is 4.68 Å². The van der Waals surface area contributed by atoms with Gasteiger partial charge in [-0.25, -0.2) is 0 Å². The van der Waals surface area contributed by atoms with Gasteiger partial charge in [0, 0.05) is 19.7 Å².